The first-order valence-corrected chi connectivity index (χ1v) is 13.0. The van der Waals surface area contributed by atoms with E-state index < -0.39 is 0 Å². The Morgan fingerprint density at radius 2 is 1.77 bits per heavy atom. The monoisotopic (exact) mass is 515 g/mol. The van der Waals surface area contributed by atoms with Gasteiger partial charge in [-0.25, -0.2) is 9.69 Å². The summed E-state index contributed by atoms with van der Waals surface area (Å²) < 4.78 is 14.1. The number of rotatable bonds is 9. The molecule has 1 saturated heterocycles. The number of piperidine rings is 1. The van der Waals surface area contributed by atoms with Crippen LogP contribution < -0.4 is 5.43 Å². The Labute approximate surface area is 216 Å². The van der Waals surface area contributed by atoms with Gasteiger partial charge in [0.25, 0.3) is 5.91 Å². The van der Waals surface area contributed by atoms with Crippen molar-refractivity contribution in [2.24, 2.45) is 0 Å². The lowest BCUT2D eigenvalue weighted by molar-refractivity contribution is 0.0743. The van der Waals surface area contributed by atoms with E-state index in [1.54, 1.807) is 16.8 Å². The molecule has 2 heterocycles. The summed E-state index contributed by atoms with van der Waals surface area (Å²) in [6, 6.07) is 13.5. The highest BCUT2D eigenvalue weighted by molar-refractivity contribution is 6.35. The van der Waals surface area contributed by atoms with Crippen LogP contribution in [0, 0.1) is 6.92 Å². The molecule has 1 aliphatic rings. The van der Waals surface area contributed by atoms with Crippen LogP contribution in [0.2, 0.25) is 10.0 Å². The van der Waals surface area contributed by atoms with Gasteiger partial charge in [-0.3, -0.25) is 14.6 Å². The number of amides is 1. The minimum Gasteiger partial charge on any atom is -0.283 e. The second kappa shape index (κ2) is 12.0. The molecule has 1 amide bonds. The summed E-state index contributed by atoms with van der Waals surface area (Å²) in [4.78, 5) is 13.2. The number of aromatic nitrogens is 2. The molecule has 4 rings (SSSR count). The predicted molar refractivity (Wildman–Crippen MR) is 140 cm³/mol. The topological polar surface area (TPSA) is 50.2 Å². The van der Waals surface area contributed by atoms with Gasteiger partial charge in [0.1, 0.15) is 0 Å². The standard InChI is InChI=1S/C27H31Cl2FN4O/c1-19-25(27(35)32-33-16-6-3-7-17-33)31-34(24-14-13-22(28)18-23(24)29)26(19)21-11-9-20(10-12-21)8-4-2-5-15-30/h9-14,18H,2-8,15-17H2,1H3,(H,32,35)/i30-1. The molecule has 0 unspecified atom stereocenters. The number of carbonyl (C=O) groups is 1. The zero-order valence-electron chi connectivity index (χ0n) is 20.0. The fourth-order valence-corrected chi connectivity index (χ4v) is 5.00. The molecule has 2 aromatic carbocycles. The predicted octanol–water partition coefficient (Wildman–Crippen LogP) is 6.97. The zero-order chi connectivity index (χ0) is 24.8. The molecule has 1 aliphatic heterocycles. The van der Waals surface area contributed by atoms with Crippen molar-refractivity contribution in [1.82, 2.24) is 20.2 Å². The molecule has 0 spiro atoms. The Kier molecular flexibility index (Phi) is 8.82. The fourth-order valence-electron chi connectivity index (χ4n) is 4.51. The number of nitrogens with zero attached hydrogens (tertiary/aromatic N) is 3. The molecule has 0 radical (unpaired) electrons. The van der Waals surface area contributed by atoms with Gasteiger partial charge >= 0.3 is 0 Å². The minimum atomic E-state index is -0.261. The van der Waals surface area contributed by atoms with E-state index in [4.69, 9.17) is 28.3 Å². The molecule has 186 valence electrons. The average Bonchev–Trinajstić information content (AvgIpc) is 3.19. The van der Waals surface area contributed by atoms with Crippen molar-refractivity contribution in [3.63, 3.8) is 0 Å². The van der Waals surface area contributed by atoms with Crippen molar-refractivity contribution in [2.45, 2.75) is 51.9 Å². The van der Waals surface area contributed by atoms with Crippen LogP contribution in [0.1, 0.15) is 60.1 Å². The normalized spacial score (nSPS) is 14.3. The Bertz CT molecular complexity index is 1160. The van der Waals surface area contributed by atoms with E-state index in [1.807, 2.05) is 30.1 Å². The first kappa shape index (κ1) is 25.7. The van der Waals surface area contributed by atoms with Crippen LogP contribution in [0.3, 0.4) is 0 Å². The Hall–Kier alpha value is -2.41. The minimum absolute atomic E-state index is 0.223. The molecule has 0 aliphatic carbocycles. The molecule has 0 saturated carbocycles. The van der Waals surface area contributed by atoms with Crippen LogP contribution >= 0.6 is 23.2 Å². The van der Waals surface area contributed by atoms with E-state index in [9.17, 15) is 9.18 Å². The zero-order valence-corrected chi connectivity index (χ0v) is 21.5. The number of hydrazine groups is 1. The molecular formula is C27H31Cl2FN4O. The number of hydrogen-bond donors (Lipinski definition) is 1. The molecular weight excluding hydrogens is 485 g/mol. The number of carbonyl (C=O) groups excluding carboxylic acids is 1. The maximum Gasteiger partial charge on any atom is 0.286 e. The largest absolute Gasteiger partial charge is 0.286 e. The molecule has 0 bridgehead atoms. The third-order valence-electron chi connectivity index (χ3n) is 6.42. The summed E-state index contributed by atoms with van der Waals surface area (Å²) in [6.45, 7) is 3.34. The fraction of sp³-hybridized carbons (Fsp3) is 0.407. The van der Waals surface area contributed by atoms with E-state index >= 15 is 0 Å². The maximum absolute atomic E-state index is 13.2. The van der Waals surface area contributed by atoms with Crippen LogP contribution in [0.15, 0.2) is 42.5 Å². The van der Waals surface area contributed by atoms with E-state index in [2.05, 4.69) is 17.6 Å². The summed E-state index contributed by atoms with van der Waals surface area (Å²) in [6.07, 6.45) is 6.69. The lowest BCUT2D eigenvalue weighted by atomic mass is 10.0. The Balaban J connectivity index is 1.68. The lowest BCUT2D eigenvalue weighted by Gasteiger charge is -2.26. The van der Waals surface area contributed by atoms with Gasteiger partial charge in [0.15, 0.2) is 5.69 Å². The number of hydrogen-bond acceptors (Lipinski definition) is 3. The van der Waals surface area contributed by atoms with Crippen LogP contribution in [0.4, 0.5) is 4.39 Å². The molecule has 35 heavy (non-hydrogen) atoms. The van der Waals surface area contributed by atoms with Crippen LogP contribution in [0.5, 0.6) is 0 Å². The quantitative estimate of drug-likeness (QED) is 0.313. The number of alkyl halides is 1. The number of halogens is 3. The summed E-state index contributed by atoms with van der Waals surface area (Å²) in [5.74, 6) is -0.223. The van der Waals surface area contributed by atoms with Crippen LogP contribution in [0.25, 0.3) is 16.9 Å². The molecule has 5 nitrogen and oxygen atoms in total. The summed E-state index contributed by atoms with van der Waals surface area (Å²) in [7, 11) is 0. The van der Waals surface area contributed by atoms with E-state index in [0.29, 0.717) is 27.8 Å². The van der Waals surface area contributed by atoms with Gasteiger partial charge < -0.3 is 0 Å². The van der Waals surface area contributed by atoms with Gasteiger partial charge in [-0.05, 0) is 62.8 Å². The second-order valence-corrected chi connectivity index (χ2v) is 9.86. The third-order valence-corrected chi connectivity index (χ3v) is 6.96. The maximum atomic E-state index is 13.2. The average molecular weight is 516 g/mol. The van der Waals surface area contributed by atoms with Gasteiger partial charge in [-0.2, -0.15) is 5.10 Å². The van der Waals surface area contributed by atoms with E-state index in [1.165, 1.54) is 12.0 Å². The van der Waals surface area contributed by atoms with Crippen molar-refractivity contribution in [3.05, 3.63) is 69.3 Å². The molecule has 1 N–H and O–H groups in total. The summed E-state index contributed by atoms with van der Waals surface area (Å²) in [5, 5.41) is 7.67. The molecule has 0 atom stereocenters. The first-order valence-electron chi connectivity index (χ1n) is 12.2. The third kappa shape index (κ3) is 6.24. The van der Waals surface area contributed by atoms with Crippen LogP contribution in [-0.4, -0.2) is 40.5 Å². The van der Waals surface area contributed by atoms with Crippen molar-refractivity contribution >= 4 is 29.1 Å². The van der Waals surface area contributed by atoms with Crippen LogP contribution in [-0.2, 0) is 6.42 Å². The highest BCUT2D eigenvalue weighted by atomic mass is 35.5. The van der Waals surface area contributed by atoms with Crippen molar-refractivity contribution in [3.8, 4) is 16.9 Å². The van der Waals surface area contributed by atoms with Gasteiger partial charge in [-0.15, -0.1) is 0 Å². The second-order valence-electron chi connectivity index (χ2n) is 9.01. The number of unbranched alkanes of at least 4 members (excludes halogenated alkanes) is 2. The summed E-state index contributed by atoms with van der Waals surface area (Å²) >= 11 is 12.7. The smallest absolute Gasteiger partial charge is 0.283 e. The highest BCUT2D eigenvalue weighted by Gasteiger charge is 2.25. The van der Waals surface area contributed by atoms with Crippen molar-refractivity contribution in [1.29, 1.82) is 0 Å². The molecule has 1 aromatic heterocycles. The number of benzene rings is 2. The molecule has 1 fully saturated rings. The van der Waals surface area contributed by atoms with E-state index in [0.717, 1.165) is 62.0 Å². The SMILES string of the molecule is Cc1c(C(=O)NN2CCCCC2)nn(-c2ccc(Cl)cc2Cl)c1-c1ccc(CCCCC[18F])cc1. The molecule has 8 heteroatoms. The van der Waals surface area contributed by atoms with Gasteiger partial charge in [0, 0.05) is 29.2 Å². The Morgan fingerprint density at radius 1 is 1.03 bits per heavy atom. The molecule has 3 aromatic rings. The first-order chi connectivity index (χ1) is 17.0. The van der Waals surface area contributed by atoms with Crippen molar-refractivity contribution in [2.75, 3.05) is 19.8 Å². The van der Waals surface area contributed by atoms with Crippen molar-refractivity contribution < 1.29 is 9.18 Å². The van der Waals surface area contributed by atoms with Gasteiger partial charge in [-0.1, -0.05) is 60.3 Å². The highest BCUT2D eigenvalue weighted by Crippen LogP contribution is 2.33. The summed E-state index contributed by atoms with van der Waals surface area (Å²) in [5.41, 5.74) is 7.77. The Morgan fingerprint density at radius 3 is 2.46 bits per heavy atom. The number of aryl methyl sites for hydroxylation is 1. The van der Waals surface area contributed by atoms with Gasteiger partial charge in [0.2, 0.25) is 0 Å². The van der Waals surface area contributed by atoms with E-state index in [-0.39, 0.29) is 12.6 Å². The lowest BCUT2D eigenvalue weighted by Crippen LogP contribution is -2.45. The van der Waals surface area contributed by atoms with Gasteiger partial charge in [0.05, 0.1) is 23.1 Å². The number of nitrogens with one attached hydrogen (secondary N) is 1.